The summed E-state index contributed by atoms with van der Waals surface area (Å²) in [5.41, 5.74) is -1.04. The van der Waals surface area contributed by atoms with Crippen LogP contribution in [-0.4, -0.2) is 26.5 Å². The highest BCUT2D eigenvalue weighted by atomic mass is 35.5. The van der Waals surface area contributed by atoms with E-state index < -0.39 is 11.9 Å². The molecule has 3 aromatic rings. The maximum atomic E-state index is 13.4. The normalized spacial score (nSPS) is 13.3. The number of alkyl halides is 3. The fraction of sp³-hybridized carbons (Fsp3) is 0.133. The molecule has 128 valence electrons. The summed E-state index contributed by atoms with van der Waals surface area (Å²) in [6.07, 6.45) is -0.646. The van der Waals surface area contributed by atoms with Gasteiger partial charge in [-0.05, 0) is 23.8 Å². The zero-order valence-electron chi connectivity index (χ0n) is 12.3. The summed E-state index contributed by atoms with van der Waals surface area (Å²) in [5.74, 6) is 0.600. The van der Waals surface area contributed by atoms with Crippen molar-refractivity contribution in [3.8, 4) is 28.6 Å². The van der Waals surface area contributed by atoms with Crippen molar-refractivity contribution in [2.24, 2.45) is 0 Å². The van der Waals surface area contributed by atoms with Gasteiger partial charge >= 0.3 is 6.18 Å². The van der Waals surface area contributed by atoms with E-state index >= 15 is 0 Å². The molecule has 3 heterocycles. The summed E-state index contributed by atoms with van der Waals surface area (Å²) >= 11 is 6.08. The highest BCUT2D eigenvalue weighted by molar-refractivity contribution is 6.32. The number of halogens is 4. The fourth-order valence-electron chi connectivity index (χ4n) is 2.43. The molecular formula is C15H8ClF3N4O2. The van der Waals surface area contributed by atoms with Crippen molar-refractivity contribution >= 4 is 11.6 Å². The Labute approximate surface area is 143 Å². The minimum atomic E-state index is -4.67. The van der Waals surface area contributed by atoms with Gasteiger partial charge in [0.25, 0.3) is 0 Å². The molecule has 0 atom stereocenters. The lowest BCUT2D eigenvalue weighted by molar-refractivity contribution is -0.140. The molecule has 4 rings (SSSR count). The third-order valence-corrected chi connectivity index (χ3v) is 3.76. The zero-order valence-corrected chi connectivity index (χ0v) is 13.0. The van der Waals surface area contributed by atoms with E-state index in [1.165, 1.54) is 30.7 Å². The van der Waals surface area contributed by atoms with Crippen LogP contribution in [0.3, 0.4) is 0 Å². The first-order valence-corrected chi connectivity index (χ1v) is 7.35. The van der Waals surface area contributed by atoms with E-state index in [2.05, 4.69) is 15.1 Å². The maximum absolute atomic E-state index is 13.4. The van der Waals surface area contributed by atoms with Gasteiger partial charge in [-0.3, -0.25) is 0 Å². The minimum Gasteiger partial charge on any atom is -0.454 e. The fourth-order valence-corrected chi connectivity index (χ4v) is 2.69. The molecule has 1 aliphatic heterocycles. The van der Waals surface area contributed by atoms with Gasteiger partial charge in [0, 0.05) is 24.2 Å². The summed E-state index contributed by atoms with van der Waals surface area (Å²) in [6, 6.07) is 4.35. The first kappa shape index (κ1) is 15.7. The molecule has 1 aliphatic rings. The predicted molar refractivity (Wildman–Crippen MR) is 80.7 cm³/mol. The number of nitrogens with zero attached hydrogens (tertiary/aromatic N) is 4. The minimum absolute atomic E-state index is 0.0195. The van der Waals surface area contributed by atoms with E-state index in [1.54, 1.807) is 6.07 Å². The molecule has 0 aliphatic carbocycles. The number of rotatable bonds is 2. The third-order valence-electron chi connectivity index (χ3n) is 3.48. The van der Waals surface area contributed by atoms with Gasteiger partial charge in [-0.25, -0.2) is 14.6 Å². The molecule has 0 bridgehead atoms. The van der Waals surface area contributed by atoms with E-state index in [0.717, 1.165) is 4.68 Å². The van der Waals surface area contributed by atoms with Crippen molar-refractivity contribution in [2.75, 3.05) is 6.79 Å². The smallest absolute Gasteiger partial charge is 0.435 e. The highest BCUT2D eigenvalue weighted by Crippen LogP contribution is 2.44. The van der Waals surface area contributed by atoms with Gasteiger partial charge in [-0.1, -0.05) is 11.6 Å². The van der Waals surface area contributed by atoms with Gasteiger partial charge in [0.1, 0.15) is 0 Å². The lowest BCUT2D eigenvalue weighted by atomic mass is 10.1. The van der Waals surface area contributed by atoms with Crippen molar-refractivity contribution in [3.05, 3.63) is 47.5 Å². The van der Waals surface area contributed by atoms with E-state index in [0.29, 0.717) is 5.75 Å². The van der Waals surface area contributed by atoms with Gasteiger partial charge in [-0.15, -0.1) is 0 Å². The average Bonchev–Trinajstić information content (AvgIpc) is 3.22. The molecule has 25 heavy (non-hydrogen) atoms. The van der Waals surface area contributed by atoms with Crippen molar-refractivity contribution in [2.45, 2.75) is 6.18 Å². The average molecular weight is 369 g/mol. The second-order valence-corrected chi connectivity index (χ2v) is 5.48. The second-order valence-electron chi connectivity index (χ2n) is 5.07. The number of hydrogen-bond donors (Lipinski definition) is 0. The van der Waals surface area contributed by atoms with E-state index in [9.17, 15) is 13.2 Å². The molecule has 6 nitrogen and oxygen atoms in total. The third kappa shape index (κ3) is 2.76. The molecule has 0 amide bonds. The SMILES string of the molecule is FC(F)(F)c1nn(-c2ncccn2)cc1-c1cc(Cl)c2c(c1)OCO2. The number of aromatic nitrogens is 4. The van der Waals surface area contributed by atoms with E-state index in [-0.39, 0.29) is 34.6 Å². The van der Waals surface area contributed by atoms with E-state index in [4.69, 9.17) is 21.1 Å². The molecule has 0 unspecified atom stereocenters. The lowest BCUT2D eigenvalue weighted by Crippen LogP contribution is -2.09. The second kappa shape index (κ2) is 5.62. The van der Waals surface area contributed by atoms with Crippen LogP contribution in [0, 0.1) is 0 Å². The topological polar surface area (TPSA) is 62.1 Å². The number of benzene rings is 1. The molecule has 2 aromatic heterocycles. The summed E-state index contributed by atoms with van der Waals surface area (Å²) < 4.78 is 51.7. The van der Waals surface area contributed by atoms with Crippen molar-refractivity contribution in [1.82, 2.24) is 19.7 Å². The van der Waals surface area contributed by atoms with Crippen molar-refractivity contribution in [1.29, 1.82) is 0 Å². The Morgan fingerprint density at radius 3 is 2.60 bits per heavy atom. The predicted octanol–water partition coefficient (Wildman–Crippen LogP) is 3.73. The molecule has 0 N–H and O–H groups in total. The number of hydrogen-bond acceptors (Lipinski definition) is 5. The Balaban J connectivity index is 1.89. The Bertz CT molecular complexity index is 944. The molecule has 0 saturated heterocycles. The molecule has 0 fully saturated rings. The Kier molecular flexibility index (Phi) is 3.53. The van der Waals surface area contributed by atoms with Gasteiger partial charge in [0.05, 0.1) is 5.02 Å². The van der Waals surface area contributed by atoms with Gasteiger partial charge < -0.3 is 9.47 Å². The Hall–Kier alpha value is -2.81. The van der Waals surface area contributed by atoms with Gasteiger partial charge in [-0.2, -0.15) is 18.3 Å². The molecule has 0 radical (unpaired) electrons. The molecule has 10 heteroatoms. The summed E-state index contributed by atoms with van der Waals surface area (Å²) in [7, 11) is 0. The summed E-state index contributed by atoms with van der Waals surface area (Å²) in [4.78, 5) is 7.81. The van der Waals surface area contributed by atoms with Crippen LogP contribution in [0.2, 0.25) is 5.02 Å². The summed E-state index contributed by atoms with van der Waals surface area (Å²) in [6.45, 7) is -0.0399. The van der Waals surface area contributed by atoms with Crippen molar-refractivity contribution in [3.63, 3.8) is 0 Å². The summed E-state index contributed by atoms with van der Waals surface area (Å²) in [5, 5.41) is 3.76. The van der Waals surface area contributed by atoms with Crippen LogP contribution in [-0.2, 0) is 6.18 Å². The maximum Gasteiger partial charge on any atom is 0.435 e. The first-order valence-electron chi connectivity index (χ1n) is 6.97. The Morgan fingerprint density at radius 2 is 1.88 bits per heavy atom. The molecule has 0 saturated carbocycles. The van der Waals surface area contributed by atoms with E-state index in [1.807, 2.05) is 0 Å². The van der Waals surface area contributed by atoms with Crippen LogP contribution in [0.5, 0.6) is 11.5 Å². The zero-order chi connectivity index (χ0) is 17.6. The van der Waals surface area contributed by atoms with Crippen molar-refractivity contribution < 1.29 is 22.6 Å². The standard InChI is InChI=1S/C15H8ClF3N4O2/c16-10-4-8(5-11-12(10)25-7-24-11)9-6-23(14-20-2-1-3-21-14)22-13(9)15(17,18)19/h1-6H,7H2. The van der Waals surface area contributed by atoms with Crippen LogP contribution < -0.4 is 9.47 Å². The first-order chi connectivity index (χ1) is 11.9. The van der Waals surface area contributed by atoms with Crippen LogP contribution in [0.25, 0.3) is 17.1 Å². The monoisotopic (exact) mass is 368 g/mol. The highest BCUT2D eigenvalue weighted by Gasteiger charge is 2.38. The van der Waals surface area contributed by atoms with Crippen LogP contribution in [0.4, 0.5) is 13.2 Å². The molecular weight excluding hydrogens is 361 g/mol. The van der Waals surface area contributed by atoms with Crippen LogP contribution in [0.15, 0.2) is 36.8 Å². The van der Waals surface area contributed by atoms with Gasteiger partial charge in [0.2, 0.25) is 12.7 Å². The van der Waals surface area contributed by atoms with Crippen LogP contribution in [0.1, 0.15) is 5.69 Å². The molecule has 1 aromatic carbocycles. The Morgan fingerprint density at radius 1 is 1.12 bits per heavy atom. The lowest BCUT2D eigenvalue weighted by Gasteiger charge is -2.07. The quantitative estimate of drug-likeness (QED) is 0.689. The van der Waals surface area contributed by atoms with Crippen LogP contribution >= 0.6 is 11.6 Å². The number of fused-ring (bicyclic) bond motifs is 1. The largest absolute Gasteiger partial charge is 0.454 e. The molecule has 0 spiro atoms. The van der Waals surface area contributed by atoms with Gasteiger partial charge in [0.15, 0.2) is 17.2 Å². The number of ether oxygens (including phenoxy) is 2.